The lowest BCUT2D eigenvalue weighted by Crippen LogP contribution is -2.61. The second-order valence-corrected chi connectivity index (χ2v) is 19.7. The van der Waals surface area contributed by atoms with E-state index in [9.17, 15) is 35.1 Å². The van der Waals surface area contributed by atoms with Crippen molar-refractivity contribution in [2.24, 2.45) is 0 Å². The quantitative estimate of drug-likeness (QED) is 0.0196. The second kappa shape index (κ2) is 47.4. The molecule has 0 saturated carbocycles. The molecule has 1 amide bonds. The van der Waals surface area contributed by atoms with Crippen LogP contribution in [-0.4, -0.2) is 99.6 Å². The van der Waals surface area contributed by atoms with Gasteiger partial charge in [0.1, 0.15) is 24.4 Å². The number of aliphatic hydroxyl groups excluding tert-OH is 5. The van der Waals surface area contributed by atoms with Gasteiger partial charge < -0.3 is 45.1 Å². The molecule has 406 valence electrons. The van der Waals surface area contributed by atoms with Gasteiger partial charge in [-0.2, -0.15) is 0 Å². The van der Waals surface area contributed by atoms with Crippen LogP contribution in [0.4, 0.5) is 0 Å². The SMILES string of the molecule is CCCCC/C=C\C/C=C\C/C=C\C/C=C\CCCCCC(=O)OC1C(OCC(NC(=O)C(O)CCCCCCCCCCCC)C(O)/C=C/CCCCCCCCCCCC)OC(CO)C(O)C1O. The summed E-state index contributed by atoms with van der Waals surface area (Å²) in [5, 5.41) is 56.7. The zero-order chi connectivity index (χ0) is 51.1. The number of allylic oxidation sites excluding steroid dienone is 9. The Morgan fingerprint density at radius 3 is 1.50 bits per heavy atom. The third kappa shape index (κ3) is 35.5. The van der Waals surface area contributed by atoms with Gasteiger partial charge in [-0.15, -0.1) is 0 Å². The van der Waals surface area contributed by atoms with Crippen molar-refractivity contribution >= 4 is 11.9 Å². The van der Waals surface area contributed by atoms with Crippen LogP contribution < -0.4 is 5.32 Å². The molecule has 1 heterocycles. The minimum Gasteiger partial charge on any atom is -0.454 e. The maximum Gasteiger partial charge on any atom is 0.306 e. The maximum atomic E-state index is 13.3. The van der Waals surface area contributed by atoms with E-state index in [4.69, 9.17) is 14.2 Å². The summed E-state index contributed by atoms with van der Waals surface area (Å²) in [6.45, 7) is 5.71. The molecule has 11 nitrogen and oxygen atoms in total. The van der Waals surface area contributed by atoms with Crippen LogP contribution in [0.3, 0.4) is 0 Å². The second-order valence-electron chi connectivity index (χ2n) is 19.7. The Morgan fingerprint density at radius 1 is 0.557 bits per heavy atom. The van der Waals surface area contributed by atoms with Crippen LogP contribution in [0.25, 0.3) is 0 Å². The predicted molar refractivity (Wildman–Crippen MR) is 287 cm³/mol. The highest BCUT2D eigenvalue weighted by atomic mass is 16.7. The molecular formula is C59H105NO10. The van der Waals surface area contributed by atoms with E-state index in [2.05, 4.69) is 74.7 Å². The molecule has 1 aliphatic heterocycles. The molecule has 6 N–H and O–H groups in total. The van der Waals surface area contributed by atoms with Crippen molar-refractivity contribution < 1.29 is 49.3 Å². The number of nitrogens with one attached hydrogen (secondary N) is 1. The molecule has 1 fully saturated rings. The molecule has 1 saturated heterocycles. The van der Waals surface area contributed by atoms with E-state index in [1.54, 1.807) is 6.08 Å². The van der Waals surface area contributed by atoms with Crippen LogP contribution in [0.15, 0.2) is 60.8 Å². The normalized spacial score (nSPS) is 20.1. The first-order valence-corrected chi connectivity index (χ1v) is 28.6. The minimum absolute atomic E-state index is 0.0856. The van der Waals surface area contributed by atoms with Gasteiger partial charge in [-0.3, -0.25) is 9.59 Å². The van der Waals surface area contributed by atoms with Crippen molar-refractivity contribution in [2.75, 3.05) is 13.2 Å². The molecule has 0 aliphatic carbocycles. The van der Waals surface area contributed by atoms with Crippen molar-refractivity contribution in [3.05, 3.63) is 60.8 Å². The van der Waals surface area contributed by atoms with Gasteiger partial charge in [0.2, 0.25) is 5.91 Å². The Balaban J connectivity index is 2.73. The largest absolute Gasteiger partial charge is 0.454 e. The topological polar surface area (TPSA) is 175 Å². The van der Waals surface area contributed by atoms with Crippen molar-refractivity contribution in [2.45, 2.75) is 288 Å². The number of amides is 1. The standard InChI is InChI=1S/C59H105NO10/c1-4-7-10-13-16-19-22-24-25-26-27-28-29-30-32-35-38-41-44-47-54(64)70-57-56(66)55(65)53(48-61)69-59(57)68-49-50(51(62)45-42-39-36-34-31-23-20-17-14-11-8-5-2)60-58(67)52(63)46-43-40-37-33-21-18-15-12-9-6-3/h16,19,24-25,27-28,30,32,42,45,50-53,55-57,59,61-63,65-66H,4-15,17-18,20-23,26,29,31,33-41,43-44,46-49H2,1-3H3,(H,60,67)/b19-16-,25-24-,28-27-,32-30-,45-42+. The number of carbonyl (C=O) groups excluding carboxylic acids is 2. The molecule has 0 spiro atoms. The molecule has 8 unspecified atom stereocenters. The third-order valence-electron chi connectivity index (χ3n) is 13.2. The van der Waals surface area contributed by atoms with Gasteiger partial charge in [0, 0.05) is 6.42 Å². The number of hydrogen-bond acceptors (Lipinski definition) is 10. The first-order valence-electron chi connectivity index (χ1n) is 28.6. The lowest BCUT2D eigenvalue weighted by Gasteiger charge is -2.41. The van der Waals surface area contributed by atoms with Crippen LogP contribution in [0.5, 0.6) is 0 Å². The lowest BCUT2D eigenvalue weighted by molar-refractivity contribution is -0.305. The Morgan fingerprint density at radius 2 is 0.986 bits per heavy atom. The average Bonchev–Trinajstić information content (AvgIpc) is 3.36. The molecule has 0 aromatic heterocycles. The highest BCUT2D eigenvalue weighted by Gasteiger charge is 2.47. The van der Waals surface area contributed by atoms with Crippen LogP contribution in [-0.2, 0) is 23.8 Å². The van der Waals surface area contributed by atoms with E-state index in [1.165, 1.54) is 116 Å². The Labute approximate surface area is 427 Å². The predicted octanol–water partition coefficient (Wildman–Crippen LogP) is 12.7. The summed E-state index contributed by atoms with van der Waals surface area (Å²) in [7, 11) is 0. The number of carbonyl (C=O) groups is 2. The van der Waals surface area contributed by atoms with Crippen LogP contribution >= 0.6 is 0 Å². The maximum absolute atomic E-state index is 13.3. The minimum atomic E-state index is -1.63. The van der Waals surface area contributed by atoms with Gasteiger partial charge in [0.25, 0.3) is 0 Å². The summed E-state index contributed by atoms with van der Waals surface area (Å²) >= 11 is 0. The highest BCUT2D eigenvalue weighted by molar-refractivity contribution is 5.80. The first-order chi connectivity index (χ1) is 34.2. The smallest absolute Gasteiger partial charge is 0.306 e. The van der Waals surface area contributed by atoms with Gasteiger partial charge in [0.15, 0.2) is 12.4 Å². The van der Waals surface area contributed by atoms with E-state index in [0.717, 1.165) is 77.0 Å². The summed E-state index contributed by atoms with van der Waals surface area (Å²) < 4.78 is 17.5. The van der Waals surface area contributed by atoms with Gasteiger partial charge in [0.05, 0.1) is 25.4 Å². The van der Waals surface area contributed by atoms with E-state index in [-0.39, 0.29) is 19.4 Å². The van der Waals surface area contributed by atoms with Gasteiger partial charge in [-0.25, -0.2) is 0 Å². The molecule has 1 aliphatic rings. The fraction of sp³-hybridized carbons (Fsp3) is 0.797. The first kappa shape index (κ1) is 65.4. The number of unbranched alkanes of at least 4 members (excludes halogenated alkanes) is 25. The third-order valence-corrected chi connectivity index (χ3v) is 13.2. The van der Waals surface area contributed by atoms with Crippen molar-refractivity contribution in [1.29, 1.82) is 0 Å². The summed E-state index contributed by atoms with van der Waals surface area (Å²) in [4.78, 5) is 26.4. The Hall–Kier alpha value is -2.64. The summed E-state index contributed by atoms with van der Waals surface area (Å²) in [5.41, 5.74) is 0. The van der Waals surface area contributed by atoms with Crippen LogP contribution in [0, 0.1) is 0 Å². The van der Waals surface area contributed by atoms with Gasteiger partial charge in [-0.05, 0) is 70.6 Å². The average molecular weight is 988 g/mol. The number of ether oxygens (including phenoxy) is 3. The van der Waals surface area contributed by atoms with Crippen molar-refractivity contribution in [3.8, 4) is 0 Å². The fourth-order valence-corrected chi connectivity index (χ4v) is 8.57. The number of aliphatic hydroxyl groups is 5. The van der Waals surface area contributed by atoms with Crippen molar-refractivity contribution in [3.63, 3.8) is 0 Å². The number of esters is 1. The molecule has 0 bridgehead atoms. The molecule has 70 heavy (non-hydrogen) atoms. The number of rotatable bonds is 47. The number of hydrogen-bond donors (Lipinski definition) is 6. The molecule has 8 atom stereocenters. The van der Waals surface area contributed by atoms with E-state index >= 15 is 0 Å². The van der Waals surface area contributed by atoms with E-state index in [1.807, 2.05) is 6.08 Å². The Bertz CT molecular complexity index is 1370. The molecule has 0 aromatic rings. The van der Waals surface area contributed by atoms with Crippen molar-refractivity contribution in [1.82, 2.24) is 5.32 Å². The molecular weight excluding hydrogens is 883 g/mol. The fourth-order valence-electron chi connectivity index (χ4n) is 8.57. The van der Waals surface area contributed by atoms with Gasteiger partial charge in [-0.1, -0.05) is 223 Å². The molecule has 0 aromatic carbocycles. The monoisotopic (exact) mass is 988 g/mol. The molecule has 0 radical (unpaired) electrons. The molecule has 1 rings (SSSR count). The summed E-state index contributed by atoms with van der Waals surface area (Å²) in [6.07, 6.45) is 46.9. The van der Waals surface area contributed by atoms with Crippen LogP contribution in [0.2, 0.25) is 0 Å². The summed E-state index contributed by atoms with van der Waals surface area (Å²) in [5.74, 6) is -1.23. The van der Waals surface area contributed by atoms with E-state index < -0.39 is 67.4 Å². The molecule has 11 heteroatoms. The highest BCUT2D eigenvalue weighted by Crippen LogP contribution is 2.26. The lowest BCUT2D eigenvalue weighted by atomic mass is 9.99. The van der Waals surface area contributed by atoms with Crippen LogP contribution in [0.1, 0.15) is 239 Å². The van der Waals surface area contributed by atoms with Gasteiger partial charge >= 0.3 is 5.97 Å². The zero-order valence-corrected chi connectivity index (χ0v) is 44.6. The summed E-state index contributed by atoms with van der Waals surface area (Å²) in [6, 6.07) is -1.03. The Kier molecular flexibility index (Phi) is 44.2. The zero-order valence-electron chi connectivity index (χ0n) is 44.6. The van der Waals surface area contributed by atoms with E-state index in [0.29, 0.717) is 12.8 Å².